The molecule has 4 nitrogen and oxygen atoms in total. The first kappa shape index (κ1) is 14.7. The first-order valence-electron chi connectivity index (χ1n) is 6.43. The standard InChI is InChI=1S/C15H17BrN2O2/c1-20-12-5-6-14(16)13(11-12)15(19)17-7-4-10-18-8-2-3-9-18/h2-3,5-6,8-9,11H,4,7,10H2,1H3,(H,17,19). The summed E-state index contributed by atoms with van der Waals surface area (Å²) >= 11 is 3.38. The van der Waals surface area contributed by atoms with E-state index >= 15 is 0 Å². The maximum absolute atomic E-state index is 12.1. The summed E-state index contributed by atoms with van der Waals surface area (Å²) in [6.45, 7) is 1.53. The van der Waals surface area contributed by atoms with Crippen molar-refractivity contribution in [1.82, 2.24) is 9.88 Å². The van der Waals surface area contributed by atoms with Crippen LogP contribution in [0, 0.1) is 0 Å². The number of rotatable bonds is 6. The molecule has 106 valence electrons. The van der Waals surface area contributed by atoms with Crippen LogP contribution in [0.25, 0.3) is 0 Å². The molecule has 1 N–H and O–H groups in total. The van der Waals surface area contributed by atoms with Gasteiger partial charge in [0.05, 0.1) is 12.7 Å². The molecule has 1 aromatic heterocycles. The number of carbonyl (C=O) groups is 1. The molecular weight excluding hydrogens is 320 g/mol. The number of aryl methyl sites for hydroxylation is 1. The lowest BCUT2D eigenvalue weighted by Crippen LogP contribution is -2.25. The molecule has 5 heteroatoms. The summed E-state index contributed by atoms with van der Waals surface area (Å²) in [5.74, 6) is 0.578. The van der Waals surface area contributed by atoms with Crippen molar-refractivity contribution in [3.63, 3.8) is 0 Å². The largest absolute Gasteiger partial charge is 0.497 e. The summed E-state index contributed by atoms with van der Waals surface area (Å²) in [7, 11) is 1.59. The average molecular weight is 337 g/mol. The third-order valence-corrected chi connectivity index (χ3v) is 3.65. The van der Waals surface area contributed by atoms with Gasteiger partial charge in [-0.05, 0) is 52.7 Å². The van der Waals surface area contributed by atoms with Crippen molar-refractivity contribution in [2.75, 3.05) is 13.7 Å². The average Bonchev–Trinajstić information content (AvgIpc) is 2.97. The summed E-state index contributed by atoms with van der Waals surface area (Å²) in [6.07, 6.45) is 4.92. The maximum Gasteiger partial charge on any atom is 0.252 e. The normalized spacial score (nSPS) is 10.3. The third-order valence-electron chi connectivity index (χ3n) is 2.96. The van der Waals surface area contributed by atoms with Gasteiger partial charge in [-0.1, -0.05) is 0 Å². The number of aromatic nitrogens is 1. The number of hydrogen-bond acceptors (Lipinski definition) is 2. The van der Waals surface area contributed by atoms with Crippen molar-refractivity contribution in [3.8, 4) is 5.75 Å². The summed E-state index contributed by atoms with van der Waals surface area (Å²) in [5.41, 5.74) is 0.588. The van der Waals surface area contributed by atoms with Gasteiger partial charge in [0.2, 0.25) is 0 Å². The zero-order chi connectivity index (χ0) is 14.4. The first-order valence-corrected chi connectivity index (χ1v) is 7.22. The van der Waals surface area contributed by atoms with Crippen LogP contribution in [0.5, 0.6) is 5.75 Å². The second kappa shape index (κ2) is 7.14. The molecular formula is C15H17BrN2O2. The third kappa shape index (κ3) is 3.87. The van der Waals surface area contributed by atoms with E-state index in [9.17, 15) is 4.79 Å². The van der Waals surface area contributed by atoms with Crippen molar-refractivity contribution in [3.05, 3.63) is 52.8 Å². The molecule has 0 fully saturated rings. The predicted molar refractivity (Wildman–Crippen MR) is 82.1 cm³/mol. The van der Waals surface area contributed by atoms with Gasteiger partial charge in [0.1, 0.15) is 5.75 Å². The molecule has 0 saturated carbocycles. The minimum atomic E-state index is -0.0942. The lowest BCUT2D eigenvalue weighted by Gasteiger charge is -2.09. The van der Waals surface area contributed by atoms with Crippen LogP contribution < -0.4 is 10.1 Å². The molecule has 0 bridgehead atoms. The van der Waals surface area contributed by atoms with Crippen LogP contribution in [0.4, 0.5) is 0 Å². The summed E-state index contributed by atoms with van der Waals surface area (Å²) in [5, 5.41) is 2.92. The van der Waals surface area contributed by atoms with Crippen LogP contribution >= 0.6 is 15.9 Å². The quantitative estimate of drug-likeness (QED) is 0.824. The Morgan fingerprint density at radius 3 is 2.80 bits per heavy atom. The highest BCUT2D eigenvalue weighted by molar-refractivity contribution is 9.10. The second-order valence-corrected chi connectivity index (χ2v) is 5.23. The SMILES string of the molecule is COc1ccc(Br)c(C(=O)NCCCn2cccc2)c1. The Bertz CT molecular complexity index is 567. The number of hydrogen-bond donors (Lipinski definition) is 1. The van der Waals surface area contributed by atoms with Crippen molar-refractivity contribution in [2.45, 2.75) is 13.0 Å². The number of ether oxygens (including phenoxy) is 1. The van der Waals surface area contributed by atoms with E-state index in [1.807, 2.05) is 36.7 Å². The Balaban J connectivity index is 1.85. The van der Waals surface area contributed by atoms with Gasteiger partial charge in [-0.15, -0.1) is 0 Å². The Morgan fingerprint density at radius 2 is 2.10 bits per heavy atom. The lowest BCUT2D eigenvalue weighted by molar-refractivity contribution is 0.0951. The van der Waals surface area contributed by atoms with Gasteiger partial charge in [0.15, 0.2) is 0 Å². The minimum Gasteiger partial charge on any atom is -0.497 e. The van der Waals surface area contributed by atoms with Crippen LogP contribution in [-0.4, -0.2) is 24.1 Å². The molecule has 0 aliphatic rings. The first-order chi connectivity index (χ1) is 9.70. The molecule has 0 aliphatic carbocycles. The molecule has 0 saturated heterocycles. The van der Waals surface area contributed by atoms with E-state index in [0.29, 0.717) is 17.9 Å². The van der Waals surface area contributed by atoms with Crippen molar-refractivity contribution >= 4 is 21.8 Å². The van der Waals surface area contributed by atoms with E-state index in [0.717, 1.165) is 17.4 Å². The highest BCUT2D eigenvalue weighted by atomic mass is 79.9. The van der Waals surface area contributed by atoms with Gasteiger partial charge >= 0.3 is 0 Å². The molecule has 0 atom stereocenters. The van der Waals surface area contributed by atoms with E-state index in [1.165, 1.54) is 0 Å². The van der Waals surface area contributed by atoms with Gasteiger partial charge in [0.25, 0.3) is 5.91 Å². The van der Waals surface area contributed by atoms with E-state index in [-0.39, 0.29) is 5.91 Å². The van der Waals surface area contributed by atoms with Gasteiger partial charge in [-0.3, -0.25) is 4.79 Å². The molecule has 0 spiro atoms. The molecule has 2 rings (SSSR count). The van der Waals surface area contributed by atoms with Crippen LogP contribution in [0.1, 0.15) is 16.8 Å². The molecule has 0 aliphatic heterocycles. The number of benzene rings is 1. The molecule has 0 radical (unpaired) electrons. The molecule has 1 heterocycles. The highest BCUT2D eigenvalue weighted by Gasteiger charge is 2.10. The Kier molecular flexibility index (Phi) is 5.24. The summed E-state index contributed by atoms with van der Waals surface area (Å²) in [6, 6.07) is 9.34. The number of nitrogens with zero attached hydrogens (tertiary/aromatic N) is 1. The predicted octanol–water partition coefficient (Wildman–Crippen LogP) is 3.08. The highest BCUT2D eigenvalue weighted by Crippen LogP contribution is 2.22. The lowest BCUT2D eigenvalue weighted by atomic mass is 10.2. The van der Waals surface area contributed by atoms with Crippen molar-refractivity contribution in [1.29, 1.82) is 0 Å². The van der Waals surface area contributed by atoms with E-state index in [1.54, 1.807) is 13.2 Å². The number of carbonyl (C=O) groups excluding carboxylic acids is 1. The van der Waals surface area contributed by atoms with Crippen LogP contribution in [-0.2, 0) is 6.54 Å². The van der Waals surface area contributed by atoms with E-state index < -0.39 is 0 Å². The molecule has 2 aromatic rings. The van der Waals surface area contributed by atoms with Crippen LogP contribution in [0.2, 0.25) is 0 Å². The zero-order valence-electron chi connectivity index (χ0n) is 11.3. The Labute approximate surface area is 126 Å². The fraction of sp³-hybridized carbons (Fsp3) is 0.267. The fourth-order valence-electron chi connectivity index (χ4n) is 1.88. The zero-order valence-corrected chi connectivity index (χ0v) is 12.9. The smallest absolute Gasteiger partial charge is 0.252 e. The van der Waals surface area contributed by atoms with Gasteiger partial charge in [-0.2, -0.15) is 0 Å². The molecule has 20 heavy (non-hydrogen) atoms. The monoisotopic (exact) mass is 336 g/mol. The summed E-state index contributed by atoms with van der Waals surface area (Å²) in [4.78, 5) is 12.1. The molecule has 1 amide bonds. The van der Waals surface area contributed by atoms with Crippen LogP contribution in [0.15, 0.2) is 47.2 Å². The number of halogens is 1. The van der Waals surface area contributed by atoms with Crippen LogP contribution in [0.3, 0.4) is 0 Å². The topological polar surface area (TPSA) is 43.3 Å². The Hall–Kier alpha value is -1.75. The maximum atomic E-state index is 12.1. The van der Waals surface area contributed by atoms with Gasteiger partial charge in [0, 0.05) is 30.0 Å². The number of methoxy groups -OCH3 is 1. The van der Waals surface area contributed by atoms with Crippen molar-refractivity contribution in [2.24, 2.45) is 0 Å². The van der Waals surface area contributed by atoms with Gasteiger partial charge < -0.3 is 14.6 Å². The summed E-state index contributed by atoms with van der Waals surface area (Å²) < 4.78 is 7.99. The Morgan fingerprint density at radius 1 is 1.35 bits per heavy atom. The van der Waals surface area contributed by atoms with E-state index in [4.69, 9.17) is 4.74 Å². The second-order valence-electron chi connectivity index (χ2n) is 4.38. The van der Waals surface area contributed by atoms with Crippen molar-refractivity contribution < 1.29 is 9.53 Å². The van der Waals surface area contributed by atoms with Gasteiger partial charge in [-0.25, -0.2) is 0 Å². The number of amides is 1. The molecule has 1 aromatic carbocycles. The van der Waals surface area contributed by atoms with E-state index in [2.05, 4.69) is 25.8 Å². The number of nitrogens with one attached hydrogen (secondary N) is 1. The minimum absolute atomic E-state index is 0.0942. The molecule has 0 unspecified atom stereocenters. The fourth-order valence-corrected chi connectivity index (χ4v) is 2.31.